The first-order chi connectivity index (χ1) is 19.7. The van der Waals surface area contributed by atoms with Gasteiger partial charge >= 0.3 is 26.2 Å². The average Bonchev–Trinajstić information content (AvgIpc) is 3.57. The predicted octanol–water partition coefficient (Wildman–Crippen LogP) is 5.75. The monoisotopic (exact) mass is 760 g/mol. The maximum Gasteiger partial charge on any atom is 4.00 e. The van der Waals surface area contributed by atoms with Crippen molar-refractivity contribution >= 4 is 47.7 Å². The zero-order valence-corrected chi connectivity index (χ0v) is 34.7. The van der Waals surface area contributed by atoms with Crippen molar-refractivity contribution in [3.8, 4) is 11.5 Å². The van der Waals surface area contributed by atoms with Gasteiger partial charge in [-0.15, -0.1) is 82.2 Å². The van der Waals surface area contributed by atoms with E-state index < -0.39 is 16.6 Å². The third-order valence-corrected chi connectivity index (χ3v) is 15.7. The van der Waals surface area contributed by atoms with Crippen LogP contribution >= 0.6 is 0 Å². The van der Waals surface area contributed by atoms with E-state index in [0.29, 0.717) is 0 Å². The van der Waals surface area contributed by atoms with E-state index in [9.17, 15) is 0 Å². The first kappa shape index (κ1) is 41.4. The molecule has 44 heavy (non-hydrogen) atoms. The number of halogens is 2. The van der Waals surface area contributed by atoms with E-state index in [1.807, 2.05) is 0 Å². The van der Waals surface area contributed by atoms with E-state index in [0.717, 1.165) is 32.1 Å². The van der Waals surface area contributed by atoms with Gasteiger partial charge in [-0.05, 0) is 63.0 Å². The van der Waals surface area contributed by atoms with Crippen molar-refractivity contribution in [3.05, 3.63) is 72.8 Å². The summed E-state index contributed by atoms with van der Waals surface area (Å²) in [4.78, 5) is 0. The Kier molecular flexibility index (Phi) is 18.7. The van der Waals surface area contributed by atoms with Crippen LogP contribution in [0.15, 0.2) is 72.8 Å². The van der Waals surface area contributed by atoms with Crippen molar-refractivity contribution in [1.29, 1.82) is 0 Å². The third kappa shape index (κ3) is 11.9. The van der Waals surface area contributed by atoms with E-state index >= 15 is 0 Å². The summed E-state index contributed by atoms with van der Waals surface area (Å²) in [5.74, 6) is 2.17. The van der Waals surface area contributed by atoms with E-state index in [1.165, 1.54) is 85.8 Å². The quantitative estimate of drug-likeness (QED) is 0.184. The van der Waals surface area contributed by atoms with Crippen LogP contribution < -0.4 is 33.7 Å². The zero-order valence-electron chi connectivity index (χ0n) is 27.7. The Morgan fingerprint density at radius 1 is 0.591 bits per heavy atom. The maximum absolute atomic E-state index is 6.47. The van der Waals surface area contributed by atoms with Gasteiger partial charge in [0.15, 0.2) is 0 Å². The third-order valence-electron chi connectivity index (χ3n) is 9.12. The van der Waals surface area contributed by atoms with Gasteiger partial charge in [0.2, 0.25) is 16.6 Å². The molecule has 0 aromatic heterocycles. The van der Waals surface area contributed by atoms with Gasteiger partial charge in [-0.3, -0.25) is 0 Å². The van der Waals surface area contributed by atoms with Crippen molar-refractivity contribution in [2.45, 2.75) is 115 Å². The number of rotatable bonds is 6. The topological polar surface area (TPSA) is 18.5 Å². The summed E-state index contributed by atoms with van der Waals surface area (Å²) in [7, 11) is -2.13. The van der Waals surface area contributed by atoms with Crippen molar-refractivity contribution in [2.24, 2.45) is 0 Å². The van der Waals surface area contributed by atoms with Crippen molar-refractivity contribution in [1.82, 2.24) is 0 Å². The van der Waals surface area contributed by atoms with E-state index in [1.54, 1.807) is 0 Å². The van der Waals surface area contributed by atoms with Gasteiger partial charge in [0.1, 0.15) is 0 Å². The molecule has 6 rings (SSSR count). The van der Waals surface area contributed by atoms with Crippen LogP contribution in [0.5, 0.6) is 11.5 Å². The summed E-state index contributed by atoms with van der Waals surface area (Å²) in [6.45, 7) is 13.9. The fraction of sp³-hybridized carbons (Fsp3) is 0.500. The van der Waals surface area contributed by atoms with Crippen molar-refractivity contribution < 1.29 is 59.9 Å². The van der Waals surface area contributed by atoms with Crippen LogP contribution in [0, 0.1) is 0 Å². The Labute approximate surface area is 304 Å². The van der Waals surface area contributed by atoms with E-state index in [4.69, 9.17) is 8.85 Å². The Bertz CT molecular complexity index is 1170. The molecule has 0 aliphatic heterocycles. The molecule has 0 amide bonds. The second-order valence-electron chi connectivity index (χ2n) is 13.2. The molecule has 0 N–H and O–H groups in total. The molecular formula is C36H52Cl2O2Si3Zr. The number of fused-ring (bicyclic) bond motifs is 2. The van der Waals surface area contributed by atoms with Crippen LogP contribution in [0.25, 0.3) is 21.5 Å². The van der Waals surface area contributed by atoms with Gasteiger partial charge in [-0.1, -0.05) is 63.8 Å². The molecule has 8 heteroatoms. The summed E-state index contributed by atoms with van der Waals surface area (Å²) in [6, 6.07) is 25.8. The van der Waals surface area contributed by atoms with Crippen molar-refractivity contribution in [3.63, 3.8) is 0 Å². The number of hydrogen-bond acceptors (Lipinski definition) is 2. The summed E-state index contributed by atoms with van der Waals surface area (Å²) in [6.07, 6.45) is 13.9. The summed E-state index contributed by atoms with van der Waals surface area (Å²) in [5.41, 5.74) is 1.67. The van der Waals surface area contributed by atoms with Gasteiger partial charge < -0.3 is 33.7 Å². The molecule has 0 bridgehead atoms. The van der Waals surface area contributed by atoms with Gasteiger partial charge in [-0.2, -0.15) is 0 Å². The molecule has 238 valence electrons. The molecule has 0 spiro atoms. The van der Waals surface area contributed by atoms with Gasteiger partial charge in [0, 0.05) is 21.0 Å². The molecule has 2 saturated carbocycles. The molecule has 2 radical (unpaired) electrons. The minimum Gasteiger partial charge on any atom is -1.00 e. The molecule has 0 unspecified atom stereocenters. The van der Waals surface area contributed by atoms with E-state index in [2.05, 4.69) is 112 Å². The number of benzene rings is 2. The van der Waals surface area contributed by atoms with Crippen LogP contribution in [0.1, 0.15) is 64.2 Å². The summed E-state index contributed by atoms with van der Waals surface area (Å²) < 4.78 is 12.9. The first-order valence-corrected chi connectivity index (χ1v) is 24.0. The fourth-order valence-corrected chi connectivity index (χ4v) is 12.1. The second kappa shape index (κ2) is 19.9. The molecule has 2 fully saturated rings. The van der Waals surface area contributed by atoms with Crippen molar-refractivity contribution in [2.75, 3.05) is 0 Å². The van der Waals surface area contributed by atoms with E-state index in [-0.39, 0.29) is 51.0 Å². The summed E-state index contributed by atoms with van der Waals surface area (Å²) in [5, 5.41) is 5.19. The standard InChI is InChI=1S/2C17H23OSi.C2H6Si.2ClH.Zr/c2*1-19(2,17-10-4-3-5-11-17)18-16-12-14-8-6-7-9-15(14)13-16;1-3-2;;;/h2*6-9,12-13,17H,3-5,10-11H2,1-2H3;1-2H3;2*1H;/q2*-1;;;;+4/p-2. The molecule has 0 saturated heterocycles. The molecule has 0 atom stereocenters. The van der Waals surface area contributed by atoms with Gasteiger partial charge in [0.05, 0.1) is 0 Å². The van der Waals surface area contributed by atoms with Gasteiger partial charge in [-0.25, -0.2) is 0 Å². The Morgan fingerprint density at radius 2 is 0.909 bits per heavy atom. The van der Waals surface area contributed by atoms with Gasteiger partial charge in [0.25, 0.3) is 0 Å². The molecule has 0 heterocycles. The normalized spacial score (nSPS) is 15.8. The zero-order chi connectivity index (χ0) is 29.3. The maximum atomic E-state index is 6.47. The average molecular weight is 763 g/mol. The minimum atomic E-state index is -1.61. The first-order valence-electron chi connectivity index (χ1n) is 16.0. The molecule has 4 aromatic rings. The molecular weight excluding hydrogens is 711 g/mol. The van der Waals surface area contributed by atoms with Crippen LogP contribution in [0.2, 0.25) is 50.4 Å². The second-order valence-corrected chi connectivity index (χ2v) is 22.7. The largest absolute Gasteiger partial charge is 4.00 e. The van der Waals surface area contributed by atoms with Crippen LogP contribution in [-0.2, 0) is 26.2 Å². The molecule has 4 aromatic carbocycles. The Hall–Kier alpha value is -0.626. The Morgan fingerprint density at radius 3 is 1.23 bits per heavy atom. The molecule has 2 aliphatic rings. The number of hydrogen-bond donors (Lipinski definition) is 0. The summed E-state index contributed by atoms with van der Waals surface area (Å²) >= 11 is 0. The van der Waals surface area contributed by atoms with Crippen LogP contribution in [0.3, 0.4) is 0 Å². The predicted molar refractivity (Wildman–Crippen MR) is 186 cm³/mol. The van der Waals surface area contributed by atoms with Crippen LogP contribution in [-0.4, -0.2) is 26.2 Å². The SMILES string of the molecule is C[Si](C)(Oc1cc2ccccc2[cH-]1)C1CCCCC1.C[Si](C)(Oc1cc2ccccc2[cH-]1)C1CCCCC1.C[Si]C.[Cl-].[Cl-].[Zr+4]. The smallest absolute Gasteiger partial charge is 1.00 e. The Balaban J connectivity index is 0.000000380. The molecule has 2 aliphatic carbocycles. The fourth-order valence-electron chi connectivity index (χ4n) is 6.73. The molecule has 2 nitrogen and oxygen atoms in total. The van der Waals surface area contributed by atoms with Crippen LogP contribution in [0.4, 0.5) is 0 Å². The minimum absolute atomic E-state index is 0.